The summed E-state index contributed by atoms with van der Waals surface area (Å²) in [6.07, 6.45) is 2.38. The third-order valence-corrected chi connectivity index (χ3v) is 4.13. The number of thioether (sulfide) groups is 1. The number of hydrogen-bond acceptors (Lipinski definition) is 7. The van der Waals surface area contributed by atoms with Crippen LogP contribution in [-0.4, -0.2) is 40.3 Å². The zero-order valence-electron chi connectivity index (χ0n) is 11.2. The Balaban J connectivity index is 1.66. The van der Waals surface area contributed by atoms with Crippen molar-refractivity contribution >= 4 is 11.8 Å². The first-order valence-corrected chi connectivity index (χ1v) is 7.63. The molecular weight excluding hydrogens is 276 g/mol. The SMILES string of the molecule is COc1ccc(Cc2noc(C3CSCCN3)n2)cn1. The van der Waals surface area contributed by atoms with Gasteiger partial charge in [0.05, 0.1) is 13.2 Å². The summed E-state index contributed by atoms with van der Waals surface area (Å²) < 4.78 is 10.4. The normalized spacial score (nSPS) is 18.9. The van der Waals surface area contributed by atoms with E-state index in [1.165, 1.54) is 0 Å². The zero-order chi connectivity index (χ0) is 13.8. The van der Waals surface area contributed by atoms with Crippen molar-refractivity contribution in [3.05, 3.63) is 35.6 Å². The fraction of sp³-hybridized carbons (Fsp3) is 0.462. The summed E-state index contributed by atoms with van der Waals surface area (Å²) in [5, 5.41) is 7.42. The number of nitrogens with zero attached hydrogens (tertiary/aromatic N) is 3. The minimum Gasteiger partial charge on any atom is -0.481 e. The van der Waals surface area contributed by atoms with Gasteiger partial charge in [-0.25, -0.2) is 4.98 Å². The molecule has 0 aromatic carbocycles. The second kappa shape index (κ2) is 6.23. The van der Waals surface area contributed by atoms with Crippen LogP contribution >= 0.6 is 11.8 Å². The lowest BCUT2D eigenvalue weighted by Gasteiger charge is -2.19. The zero-order valence-corrected chi connectivity index (χ0v) is 12.0. The summed E-state index contributed by atoms with van der Waals surface area (Å²) in [4.78, 5) is 8.63. The Bertz CT molecular complexity index is 552. The van der Waals surface area contributed by atoms with Crippen LogP contribution in [0.5, 0.6) is 5.88 Å². The van der Waals surface area contributed by atoms with Crippen LogP contribution in [0.2, 0.25) is 0 Å². The van der Waals surface area contributed by atoms with Crippen LogP contribution in [0, 0.1) is 0 Å². The van der Waals surface area contributed by atoms with Crippen LogP contribution in [0.1, 0.15) is 23.3 Å². The van der Waals surface area contributed by atoms with E-state index < -0.39 is 0 Å². The van der Waals surface area contributed by atoms with Crippen molar-refractivity contribution in [1.82, 2.24) is 20.4 Å². The number of pyridine rings is 1. The Morgan fingerprint density at radius 3 is 3.15 bits per heavy atom. The maximum atomic E-state index is 5.34. The van der Waals surface area contributed by atoms with Crippen molar-refractivity contribution in [2.24, 2.45) is 0 Å². The van der Waals surface area contributed by atoms with E-state index in [9.17, 15) is 0 Å². The van der Waals surface area contributed by atoms with Gasteiger partial charge >= 0.3 is 0 Å². The molecule has 3 heterocycles. The lowest BCUT2D eigenvalue weighted by atomic mass is 10.2. The number of nitrogens with one attached hydrogen (secondary N) is 1. The molecule has 2 aromatic heterocycles. The van der Waals surface area contributed by atoms with Crippen molar-refractivity contribution in [1.29, 1.82) is 0 Å². The maximum Gasteiger partial charge on any atom is 0.244 e. The van der Waals surface area contributed by atoms with E-state index in [-0.39, 0.29) is 6.04 Å². The van der Waals surface area contributed by atoms with Crippen molar-refractivity contribution < 1.29 is 9.26 Å². The maximum absolute atomic E-state index is 5.34. The monoisotopic (exact) mass is 292 g/mol. The summed E-state index contributed by atoms with van der Waals surface area (Å²) in [5.41, 5.74) is 1.03. The topological polar surface area (TPSA) is 73.1 Å². The average Bonchev–Trinajstić information content (AvgIpc) is 2.97. The summed E-state index contributed by atoms with van der Waals surface area (Å²) >= 11 is 1.90. The summed E-state index contributed by atoms with van der Waals surface area (Å²) in [6, 6.07) is 3.95. The molecule has 0 spiro atoms. The third-order valence-electron chi connectivity index (χ3n) is 3.07. The van der Waals surface area contributed by atoms with Gasteiger partial charge in [-0.2, -0.15) is 16.7 Å². The lowest BCUT2D eigenvalue weighted by Crippen LogP contribution is -2.30. The van der Waals surface area contributed by atoms with Crippen LogP contribution in [0.25, 0.3) is 0 Å². The van der Waals surface area contributed by atoms with Crippen LogP contribution in [0.4, 0.5) is 0 Å². The van der Waals surface area contributed by atoms with E-state index >= 15 is 0 Å². The van der Waals surface area contributed by atoms with E-state index in [4.69, 9.17) is 9.26 Å². The van der Waals surface area contributed by atoms with E-state index in [2.05, 4.69) is 20.4 Å². The predicted molar refractivity (Wildman–Crippen MR) is 76.0 cm³/mol. The van der Waals surface area contributed by atoms with Gasteiger partial charge in [0.2, 0.25) is 11.8 Å². The molecular formula is C13H16N4O2S. The standard InChI is InChI=1S/C13H16N4O2S/c1-18-12-3-2-9(7-15-12)6-11-16-13(19-17-11)10-8-20-5-4-14-10/h2-3,7,10,14H,4-6,8H2,1H3. The van der Waals surface area contributed by atoms with Gasteiger partial charge in [0, 0.05) is 36.7 Å². The van der Waals surface area contributed by atoms with Gasteiger partial charge in [0.15, 0.2) is 5.82 Å². The van der Waals surface area contributed by atoms with Crippen LogP contribution < -0.4 is 10.1 Å². The summed E-state index contributed by atoms with van der Waals surface area (Å²) in [5.74, 6) is 4.07. The number of rotatable bonds is 4. The van der Waals surface area contributed by atoms with Crippen LogP contribution in [0.3, 0.4) is 0 Å². The quantitative estimate of drug-likeness (QED) is 0.914. The van der Waals surface area contributed by atoms with Crippen molar-refractivity contribution in [3.8, 4) is 5.88 Å². The highest BCUT2D eigenvalue weighted by Crippen LogP contribution is 2.20. The van der Waals surface area contributed by atoms with Crippen LogP contribution in [0.15, 0.2) is 22.9 Å². The Hall–Kier alpha value is -1.60. The molecule has 1 aliphatic heterocycles. The molecule has 0 bridgehead atoms. The second-order valence-corrected chi connectivity index (χ2v) is 5.67. The Morgan fingerprint density at radius 1 is 1.50 bits per heavy atom. The molecule has 1 atom stereocenters. The highest BCUT2D eigenvalue weighted by atomic mass is 32.2. The second-order valence-electron chi connectivity index (χ2n) is 4.52. The molecule has 0 radical (unpaired) electrons. The first-order chi connectivity index (χ1) is 9.85. The van der Waals surface area contributed by atoms with Gasteiger partial charge in [-0.3, -0.25) is 0 Å². The van der Waals surface area contributed by atoms with Gasteiger partial charge in [-0.05, 0) is 5.56 Å². The number of hydrogen-bond donors (Lipinski definition) is 1. The van der Waals surface area contributed by atoms with Gasteiger partial charge < -0.3 is 14.6 Å². The molecule has 106 valence electrons. The largest absolute Gasteiger partial charge is 0.481 e. The number of ether oxygens (including phenoxy) is 1. The molecule has 1 aliphatic rings. The molecule has 20 heavy (non-hydrogen) atoms. The summed E-state index contributed by atoms with van der Waals surface area (Å²) in [7, 11) is 1.60. The van der Waals surface area contributed by atoms with Gasteiger partial charge in [-0.15, -0.1) is 0 Å². The number of aromatic nitrogens is 3. The predicted octanol–water partition coefficient (Wildman–Crippen LogP) is 1.44. The fourth-order valence-corrected chi connectivity index (χ4v) is 2.95. The fourth-order valence-electron chi connectivity index (χ4n) is 2.02. The third kappa shape index (κ3) is 3.10. The van der Waals surface area contributed by atoms with E-state index in [0.29, 0.717) is 24.0 Å². The molecule has 3 rings (SSSR count). The molecule has 1 fully saturated rings. The molecule has 1 N–H and O–H groups in total. The van der Waals surface area contributed by atoms with Crippen molar-refractivity contribution in [2.75, 3.05) is 25.2 Å². The van der Waals surface area contributed by atoms with Crippen LogP contribution in [-0.2, 0) is 6.42 Å². The van der Waals surface area contributed by atoms with Crippen molar-refractivity contribution in [3.63, 3.8) is 0 Å². The average molecular weight is 292 g/mol. The van der Waals surface area contributed by atoms with Gasteiger partial charge in [0.25, 0.3) is 0 Å². The van der Waals surface area contributed by atoms with Gasteiger partial charge in [0.1, 0.15) is 0 Å². The first-order valence-electron chi connectivity index (χ1n) is 6.47. The molecule has 7 heteroatoms. The molecule has 0 saturated carbocycles. The summed E-state index contributed by atoms with van der Waals surface area (Å²) in [6.45, 7) is 0.982. The van der Waals surface area contributed by atoms with E-state index in [1.807, 2.05) is 23.9 Å². The molecule has 1 saturated heterocycles. The number of methoxy groups -OCH3 is 1. The Kier molecular flexibility index (Phi) is 4.17. The minimum atomic E-state index is 0.170. The first kappa shape index (κ1) is 13.4. The van der Waals surface area contributed by atoms with Gasteiger partial charge in [-0.1, -0.05) is 11.2 Å². The molecule has 6 nitrogen and oxygen atoms in total. The lowest BCUT2D eigenvalue weighted by molar-refractivity contribution is 0.339. The Labute approximate surface area is 121 Å². The smallest absolute Gasteiger partial charge is 0.244 e. The molecule has 1 unspecified atom stereocenters. The molecule has 0 aliphatic carbocycles. The highest BCUT2D eigenvalue weighted by molar-refractivity contribution is 7.99. The minimum absolute atomic E-state index is 0.170. The van der Waals surface area contributed by atoms with E-state index in [1.54, 1.807) is 13.3 Å². The van der Waals surface area contributed by atoms with E-state index in [0.717, 1.165) is 23.6 Å². The molecule has 2 aromatic rings. The highest BCUT2D eigenvalue weighted by Gasteiger charge is 2.21. The Morgan fingerprint density at radius 2 is 2.45 bits per heavy atom. The molecule has 0 amide bonds. The van der Waals surface area contributed by atoms with Crippen molar-refractivity contribution in [2.45, 2.75) is 12.5 Å².